The molecule has 0 radical (unpaired) electrons. The quantitative estimate of drug-likeness (QED) is 0.799. The number of nitrogens with zero attached hydrogens (tertiary/aromatic N) is 1. The van der Waals surface area contributed by atoms with E-state index in [0.29, 0.717) is 36.2 Å². The van der Waals surface area contributed by atoms with Gasteiger partial charge in [0.1, 0.15) is 6.26 Å². The number of hydrogen-bond donors (Lipinski definition) is 0. The summed E-state index contributed by atoms with van der Waals surface area (Å²) in [5.74, 6) is -0.260. The van der Waals surface area contributed by atoms with Crippen LogP contribution in [0.5, 0.6) is 0 Å². The maximum absolute atomic E-state index is 12.7. The van der Waals surface area contributed by atoms with E-state index < -0.39 is 11.7 Å². The Morgan fingerprint density at radius 2 is 2.05 bits per heavy atom. The predicted molar refractivity (Wildman–Crippen MR) is 70.1 cm³/mol. The maximum Gasteiger partial charge on any atom is 0.416 e. The number of halogens is 3. The van der Waals surface area contributed by atoms with Crippen LogP contribution in [0.4, 0.5) is 18.9 Å². The number of rotatable bonds is 1. The smallest absolute Gasteiger partial charge is 0.416 e. The Bertz CT molecular complexity index is 662. The first-order chi connectivity index (χ1) is 9.97. The molecule has 2 aromatic rings. The molecular weight excluding hydrogens is 283 g/mol. The van der Waals surface area contributed by atoms with E-state index >= 15 is 0 Å². The fourth-order valence-electron chi connectivity index (χ4n) is 2.53. The van der Waals surface area contributed by atoms with Gasteiger partial charge in [-0.2, -0.15) is 13.2 Å². The van der Waals surface area contributed by atoms with E-state index in [0.717, 1.165) is 12.1 Å². The number of benzene rings is 1. The molecule has 0 aliphatic carbocycles. The van der Waals surface area contributed by atoms with Gasteiger partial charge in [-0.25, -0.2) is 0 Å². The van der Waals surface area contributed by atoms with Crippen molar-refractivity contribution in [1.29, 1.82) is 0 Å². The molecule has 0 saturated carbocycles. The molecular formula is C15H12F3NO2. The number of fused-ring (bicyclic) bond motifs is 1. The zero-order chi connectivity index (χ0) is 15.0. The minimum atomic E-state index is -4.37. The highest BCUT2D eigenvalue weighted by Gasteiger charge is 2.32. The number of hydrogen-bond acceptors (Lipinski definition) is 2. The number of anilines is 1. The summed E-state index contributed by atoms with van der Waals surface area (Å²) in [4.78, 5) is 13.9. The predicted octanol–water partition coefficient (Wildman–Crippen LogP) is 3.89. The summed E-state index contributed by atoms with van der Waals surface area (Å²) in [5, 5.41) is 0. The molecule has 0 fully saturated rings. The van der Waals surface area contributed by atoms with E-state index in [2.05, 4.69) is 0 Å². The van der Waals surface area contributed by atoms with Gasteiger partial charge in [0, 0.05) is 12.2 Å². The molecule has 1 amide bonds. The Kier molecular flexibility index (Phi) is 3.23. The van der Waals surface area contributed by atoms with Crippen molar-refractivity contribution in [3.05, 3.63) is 53.5 Å². The van der Waals surface area contributed by atoms with Gasteiger partial charge < -0.3 is 9.32 Å². The molecule has 1 aromatic heterocycles. The third-order valence-electron chi connectivity index (χ3n) is 3.54. The molecule has 0 bridgehead atoms. The Morgan fingerprint density at radius 3 is 2.71 bits per heavy atom. The third-order valence-corrected chi connectivity index (χ3v) is 3.54. The zero-order valence-corrected chi connectivity index (χ0v) is 11.0. The van der Waals surface area contributed by atoms with Gasteiger partial charge >= 0.3 is 6.18 Å². The lowest BCUT2D eigenvalue weighted by Gasteiger charge is -2.29. The van der Waals surface area contributed by atoms with E-state index in [1.54, 1.807) is 6.07 Å². The van der Waals surface area contributed by atoms with Gasteiger partial charge in [-0.05, 0) is 42.7 Å². The molecule has 110 valence electrons. The number of furan rings is 1. The average molecular weight is 295 g/mol. The van der Waals surface area contributed by atoms with Gasteiger partial charge in [-0.3, -0.25) is 4.79 Å². The lowest BCUT2D eigenvalue weighted by atomic mass is 9.98. The summed E-state index contributed by atoms with van der Waals surface area (Å²) < 4.78 is 43.1. The molecule has 0 N–H and O–H groups in total. The van der Waals surface area contributed by atoms with Gasteiger partial charge in [0.15, 0.2) is 0 Å². The average Bonchev–Trinajstić information content (AvgIpc) is 2.98. The molecule has 0 atom stereocenters. The molecule has 1 aliphatic rings. The van der Waals surface area contributed by atoms with Crippen molar-refractivity contribution in [3.63, 3.8) is 0 Å². The van der Waals surface area contributed by atoms with E-state index in [1.807, 2.05) is 0 Å². The Morgan fingerprint density at radius 1 is 1.24 bits per heavy atom. The third kappa shape index (κ3) is 2.53. The fourth-order valence-corrected chi connectivity index (χ4v) is 2.53. The monoisotopic (exact) mass is 295 g/mol. The highest BCUT2D eigenvalue weighted by atomic mass is 19.4. The summed E-state index contributed by atoms with van der Waals surface area (Å²) in [6.45, 7) is 0.488. The Labute approximate surface area is 119 Å². The largest absolute Gasteiger partial charge is 0.472 e. The Hall–Kier alpha value is -2.24. The normalized spacial score (nSPS) is 14.9. The zero-order valence-electron chi connectivity index (χ0n) is 11.0. The van der Waals surface area contributed by atoms with Crippen molar-refractivity contribution < 1.29 is 22.4 Å². The lowest BCUT2D eigenvalue weighted by Crippen LogP contribution is -2.35. The molecule has 3 nitrogen and oxygen atoms in total. The molecule has 6 heteroatoms. The van der Waals surface area contributed by atoms with Crippen LogP contribution >= 0.6 is 0 Å². The number of carbonyl (C=O) groups excluding carboxylic acids is 1. The molecule has 2 heterocycles. The number of alkyl halides is 3. The van der Waals surface area contributed by atoms with Crippen LogP contribution in [0.2, 0.25) is 0 Å². The first-order valence-corrected chi connectivity index (χ1v) is 6.51. The van der Waals surface area contributed by atoms with Gasteiger partial charge in [0.05, 0.1) is 17.4 Å². The summed E-state index contributed by atoms with van der Waals surface area (Å²) >= 11 is 0. The standard InChI is InChI=1S/C15H12F3NO2/c16-15(17,18)12-3-4-13-10(8-12)2-1-6-19(13)14(20)11-5-7-21-9-11/h3-5,7-9H,1-2,6H2. The van der Waals surface area contributed by atoms with E-state index in [1.165, 1.54) is 23.5 Å². The molecule has 3 rings (SSSR count). The molecule has 1 aromatic carbocycles. The van der Waals surface area contributed by atoms with E-state index in [9.17, 15) is 18.0 Å². The van der Waals surface area contributed by atoms with Crippen LogP contribution in [0.3, 0.4) is 0 Å². The topological polar surface area (TPSA) is 33.5 Å². The van der Waals surface area contributed by atoms with Crippen LogP contribution in [-0.2, 0) is 12.6 Å². The molecule has 0 unspecified atom stereocenters. The molecule has 21 heavy (non-hydrogen) atoms. The molecule has 1 aliphatic heterocycles. The Balaban J connectivity index is 1.97. The minimum absolute atomic E-state index is 0.260. The van der Waals surface area contributed by atoms with Crippen molar-refractivity contribution in [3.8, 4) is 0 Å². The van der Waals surface area contributed by atoms with Crippen LogP contribution in [0.25, 0.3) is 0 Å². The van der Waals surface area contributed by atoms with Crippen LogP contribution in [0, 0.1) is 0 Å². The van der Waals surface area contributed by atoms with Crippen molar-refractivity contribution in [2.75, 3.05) is 11.4 Å². The summed E-state index contributed by atoms with van der Waals surface area (Å²) in [6, 6.07) is 5.06. The van der Waals surface area contributed by atoms with Gasteiger partial charge in [-0.15, -0.1) is 0 Å². The van der Waals surface area contributed by atoms with Crippen LogP contribution < -0.4 is 4.90 Å². The van der Waals surface area contributed by atoms with Gasteiger partial charge in [0.2, 0.25) is 0 Å². The van der Waals surface area contributed by atoms with Crippen LogP contribution in [0.15, 0.2) is 41.2 Å². The second-order valence-electron chi connectivity index (χ2n) is 4.91. The minimum Gasteiger partial charge on any atom is -0.472 e. The highest BCUT2D eigenvalue weighted by Crippen LogP contribution is 2.35. The van der Waals surface area contributed by atoms with E-state index in [4.69, 9.17) is 4.42 Å². The fraction of sp³-hybridized carbons (Fsp3) is 0.267. The van der Waals surface area contributed by atoms with Gasteiger partial charge in [-0.1, -0.05) is 0 Å². The maximum atomic E-state index is 12.7. The number of amides is 1. The van der Waals surface area contributed by atoms with Crippen LogP contribution in [0.1, 0.15) is 27.9 Å². The van der Waals surface area contributed by atoms with Crippen molar-refractivity contribution in [2.24, 2.45) is 0 Å². The number of aryl methyl sites for hydroxylation is 1. The molecule has 0 spiro atoms. The van der Waals surface area contributed by atoms with E-state index in [-0.39, 0.29) is 5.91 Å². The number of carbonyl (C=O) groups is 1. The SMILES string of the molecule is O=C(c1ccoc1)N1CCCc2cc(C(F)(F)F)ccc21. The highest BCUT2D eigenvalue weighted by molar-refractivity contribution is 6.06. The lowest BCUT2D eigenvalue weighted by molar-refractivity contribution is -0.137. The van der Waals surface area contributed by atoms with Crippen molar-refractivity contribution in [1.82, 2.24) is 0 Å². The summed E-state index contributed by atoms with van der Waals surface area (Å²) in [6.07, 6.45) is -0.469. The molecule has 0 saturated heterocycles. The second kappa shape index (κ2) is 4.95. The first-order valence-electron chi connectivity index (χ1n) is 6.51. The van der Waals surface area contributed by atoms with Crippen molar-refractivity contribution in [2.45, 2.75) is 19.0 Å². The first kappa shape index (κ1) is 13.7. The van der Waals surface area contributed by atoms with Crippen LogP contribution in [-0.4, -0.2) is 12.5 Å². The summed E-state index contributed by atoms with van der Waals surface area (Å²) in [5.41, 5.74) is 0.801. The van der Waals surface area contributed by atoms with Gasteiger partial charge in [0.25, 0.3) is 5.91 Å². The second-order valence-corrected chi connectivity index (χ2v) is 4.91. The van der Waals surface area contributed by atoms with Crippen molar-refractivity contribution >= 4 is 11.6 Å². The summed E-state index contributed by atoms with van der Waals surface area (Å²) in [7, 11) is 0.